The van der Waals surface area contributed by atoms with E-state index in [1.165, 1.54) is 22.3 Å². The Morgan fingerprint density at radius 3 is 2.76 bits per heavy atom. The number of hydrogen-bond acceptors (Lipinski definition) is 3. The Morgan fingerprint density at radius 2 is 1.97 bits per heavy atom. The van der Waals surface area contributed by atoms with E-state index in [1.54, 1.807) is 0 Å². The number of guanidine groups is 1. The monoisotopic (exact) mass is 445 g/mol. The number of nitrogens with zero attached hydrogens (tertiary/aromatic N) is 3. The molecular weight excluding hydrogens is 410 g/mol. The van der Waals surface area contributed by atoms with Crippen LogP contribution in [0.25, 0.3) is 0 Å². The van der Waals surface area contributed by atoms with Crippen molar-refractivity contribution in [1.82, 2.24) is 20.4 Å². The molecule has 0 spiro atoms. The second kappa shape index (κ2) is 11.7. The smallest absolute Gasteiger partial charge is 0.191 e. The lowest BCUT2D eigenvalue weighted by molar-refractivity contribution is -0.0265. The summed E-state index contributed by atoms with van der Waals surface area (Å²) in [6.07, 6.45) is 6.18. The maximum atomic E-state index is 6.19. The number of aryl methyl sites for hydroxylation is 1. The first kappa shape index (κ1) is 23.1. The number of benzene rings is 2. The van der Waals surface area contributed by atoms with Gasteiger partial charge in [0.05, 0.1) is 19.2 Å². The van der Waals surface area contributed by atoms with Crippen molar-refractivity contribution in [3.8, 4) is 0 Å². The van der Waals surface area contributed by atoms with Crippen LogP contribution in [0.3, 0.4) is 0 Å². The molecule has 2 atom stereocenters. The van der Waals surface area contributed by atoms with Gasteiger partial charge in [0, 0.05) is 38.0 Å². The van der Waals surface area contributed by atoms with Gasteiger partial charge < -0.3 is 15.4 Å². The minimum Gasteiger partial charge on any atom is -0.373 e. The Hall–Kier alpha value is -3.12. The van der Waals surface area contributed by atoms with E-state index in [9.17, 15) is 0 Å². The number of rotatable bonds is 8. The Kier molecular flexibility index (Phi) is 8.14. The molecule has 2 aromatic carbocycles. The standard InChI is InChI=1S/C27H35N5O/c1-3-28-27(29-18-22-7-4-8-23(17-22)20-32-15-6-14-31-32)30-19-25-9-5-16-33-26(25)24-12-10-21(2)11-13-24/h4,6-8,10-15,17,25-26H,3,5,9,16,18-20H2,1-2H3,(H2,28,29,30). The minimum atomic E-state index is 0.133. The van der Waals surface area contributed by atoms with Gasteiger partial charge in [-0.05, 0) is 49.4 Å². The molecule has 1 fully saturated rings. The molecule has 0 radical (unpaired) electrons. The maximum Gasteiger partial charge on any atom is 0.191 e. The second-order valence-electron chi connectivity index (χ2n) is 8.70. The lowest BCUT2D eigenvalue weighted by Gasteiger charge is -2.32. The first-order valence-corrected chi connectivity index (χ1v) is 12.0. The van der Waals surface area contributed by atoms with Crippen LogP contribution in [-0.2, 0) is 17.8 Å². The van der Waals surface area contributed by atoms with Gasteiger partial charge in [-0.15, -0.1) is 0 Å². The summed E-state index contributed by atoms with van der Waals surface area (Å²) in [6, 6.07) is 19.2. The molecule has 0 saturated carbocycles. The topological polar surface area (TPSA) is 63.5 Å². The summed E-state index contributed by atoms with van der Waals surface area (Å²) in [6.45, 7) is 8.11. The lowest BCUT2D eigenvalue weighted by atomic mass is 9.89. The Balaban J connectivity index is 1.38. The molecule has 1 saturated heterocycles. The molecule has 1 aliphatic rings. The Bertz CT molecular complexity index is 1010. The second-order valence-corrected chi connectivity index (χ2v) is 8.70. The lowest BCUT2D eigenvalue weighted by Crippen LogP contribution is -2.42. The van der Waals surface area contributed by atoms with E-state index in [-0.39, 0.29) is 6.10 Å². The van der Waals surface area contributed by atoms with Crippen LogP contribution in [0.1, 0.15) is 48.1 Å². The molecule has 1 aromatic heterocycles. The summed E-state index contributed by atoms with van der Waals surface area (Å²) in [7, 11) is 0. The van der Waals surface area contributed by atoms with Gasteiger partial charge in [-0.2, -0.15) is 5.10 Å². The average molecular weight is 446 g/mol. The summed E-state index contributed by atoms with van der Waals surface area (Å²) in [5, 5.41) is 11.3. The molecule has 6 heteroatoms. The third-order valence-electron chi connectivity index (χ3n) is 6.04. The highest BCUT2D eigenvalue weighted by Gasteiger charge is 2.27. The molecule has 2 heterocycles. The van der Waals surface area contributed by atoms with E-state index in [1.807, 2.05) is 23.1 Å². The average Bonchev–Trinajstić information content (AvgIpc) is 3.35. The summed E-state index contributed by atoms with van der Waals surface area (Å²) in [5.41, 5.74) is 4.96. The van der Waals surface area contributed by atoms with Gasteiger partial charge in [0.15, 0.2) is 5.96 Å². The van der Waals surface area contributed by atoms with Crippen molar-refractivity contribution >= 4 is 5.96 Å². The molecule has 174 valence electrons. The zero-order chi connectivity index (χ0) is 22.9. The molecule has 33 heavy (non-hydrogen) atoms. The van der Waals surface area contributed by atoms with Crippen LogP contribution < -0.4 is 10.6 Å². The fourth-order valence-corrected chi connectivity index (χ4v) is 4.32. The van der Waals surface area contributed by atoms with E-state index in [0.29, 0.717) is 12.5 Å². The van der Waals surface area contributed by atoms with Crippen LogP contribution in [0.4, 0.5) is 0 Å². The first-order chi connectivity index (χ1) is 16.2. The predicted molar refractivity (Wildman–Crippen MR) is 133 cm³/mol. The highest BCUT2D eigenvalue weighted by atomic mass is 16.5. The number of aromatic nitrogens is 2. The molecule has 0 aliphatic carbocycles. The summed E-state index contributed by atoms with van der Waals surface area (Å²) < 4.78 is 8.12. The molecule has 0 amide bonds. The number of ether oxygens (including phenoxy) is 1. The van der Waals surface area contributed by atoms with Gasteiger partial charge in [0.25, 0.3) is 0 Å². The van der Waals surface area contributed by atoms with Gasteiger partial charge in [0.1, 0.15) is 0 Å². The third-order valence-corrected chi connectivity index (χ3v) is 6.04. The molecule has 3 aromatic rings. The zero-order valence-corrected chi connectivity index (χ0v) is 19.7. The van der Waals surface area contributed by atoms with E-state index >= 15 is 0 Å². The van der Waals surface area contributed by atoms with Crippen LogP contribution in [0.2, 0.25) is 0 Å². The van der Waals surface area contributed by atoms with Crippen molar-refractivity contribution in [2.45, 2.75) is 45.9 Å². The van der Waals surface area contributed by atoms with Crippen LogP contribution >= 0.6 is 0 Å². The fourth-order valence-electron chi connectivity index (χ4n) is 4.32. The highest BCUT2D eigenvalue weighted by molar-refractivity contribution is 5.79. The van der Waals surface area contributed by atoms with Crippen molar-refractivity contribution in [2.24, 2.45) is 10.9 Å². The molecule has 2 unspecified atom stereocenters. The highest BCUT2D eigenvalue weighted by Crippen LogP contribution is 2.33. The zero-order valence-electron chi connectivity index (χ0n) is 19.7. The maximum absolute atomic E-state index is 6.19. The number of hydrogen-bond donors (Lipinski definition) is 2. The molecule has 0 bridgehead atoms. The molecular formula is C27H35N5O. The minimum absolute atomic E-state index is 0.133. The van der Waals surface area contributed by atoms with E-state index < -0.39 is 0 Å². The van der Waals surface area contributed by atoms with Gasteiger partial charge in [0.2, 0.25) is 0 Å². The summed E-state index contributed by atoms with van der Waals surface area (Å²) in [4.78, 5) is 4.85. The fraction of sp³-hybridized carbons (Fsp3) is 0.407. The van der Waals surface area contributed by atoms with E-state index in [2.05, 4.69) is 78.1 Å². The van der Waals surface area contributed by atoms with Crippen LogP contribution in [0.15, 0.2) is 72.0 Å². The van der Waals surface area contributed by atoms with E-state index in [0.717, 1.165) is 45.0 Å². The van der Waals surface area contributed by atoms with Gasteiger partial charge in [-0.3, -0.25) is 4.68 Å². The van der Waals surface area contributed by atoms with Crippen LogP contribution in [-0.4, -0.2) is 35.4 Å². The van der Waals surface area contributed by atoms with Crippen molar-refractivity contribution in [3.63, 3.8) is 0 Å². The van der Waals surface area contributed by atoms with Crippen LogP contribution in [0, 0.1) is 12.8 Å². The van der Waals surface area contributed by atoms with Crippen LogP contribution in [0.5, 0.6) is 0 Å². The molecule has 4 rings (SSSR count). The van der Waals surface area contributed by atoms with Crippen molar-refractivity contribution < 1.29 is 4.74 Å². The van der Waals surface area contributed by atoms with Crippen molar-refractivity contribution in [2.75, 3.05) is 19.7 Å². The normalized spacial score (nSPS) is 18.8. The van der Waals surface area contributed by atoms with Crippen molar-refractivity contribution in [1.29, 1.82) is 0 Å². The largest absolute Gasteiger partial charge is 0.373 e. The predicted octanol–water partition coefficient (Wildman–Crippen LogP) is 4.46. The Morgan fingerprint density at radius 1 is 1.12 bits per heavy atom. The number of nitrogens with one attached hydrogen (secondary N) is 2. The SMILES string of the molecule is CCNC(=NCc1cccc(Cn2cccn2)c1)NCC1CCCOC1c1ccc(C)cc1. The summed E-state index contributed by atoms with van der Waals surface area (Å²) >= 11 is 0. The number of aliphatic imine (C=N–C) groups is 1. The third kappa shape index (κ3) is 6.68. The summed E-state index contributed by atoms with van der Waals surface area (Å²) in [5.74, 6) is 1.27. The van der Waals surface area contributed by atoms with Gasteiger partial charge in [-0.1, -0.05) is 54.1 Å². The van der Waals surface area contributed by atoms with Gasteiger partial charge >= 0.3 is 0 Å². The first-order valence-electron chi connectivity index (χ1n) is 12.0. The van der Waals surface area contributed by atoms with Gasteiger partial charge in [-0.25, -0.2) is 4.99 Å². The molecule has 6 nitrogen and oxygen atoms in total. The quantitative estimate of drug-likeness (QED) is 0.397. The van der Waals surface area contributed by atoms with Crippen molar-refractivity contribution in [3.05, 3.63) is 89.2 Å². The molecule has 2 N–H and O–H groups in total. The van der Waals surface area contributed by atoms with E-state index in [4.69, 9.17) is 9.73 Å². The Labute approximate surface area is 197 Å². The molecule has 1 aliphatic heterocycles.